The molecule has 0 radical (unpaired) electrons. The van der Waals surface area contributed by atoms with Crippen LogP contribution in [0.3, 0.4) is 0 Å². The standard InChI is InChI=1S/C23H22Cl2N2O5S/c1-15(16-6-4-3-5-7-16)27-33(29,30)18-9-11-21(19(25)13-18)32-14-23(28)26-20-12-17(24)8-10-22(20)31-2/h3-13,15,27H,14H2,1-2H3,(H,26,28)/t15-/m1/s1. The van der Waals surface area contributed by atoms with E-state index in [9.17, 15) is 13.2 Å². The van der Waals surface area contributed by atoms with Crippen molar-refractivity contribution in [1.29, 1.82) is 0 Å². The second kappa shape index (κ2) is 10.9. The van der Waals surface area contributed by atoms with Crippen molar-refractivity contribution in [2.45, 2.75) is 17.9 Å². The monoisotopic (exact) mass is 508 g/mol. The highest BCUT2D eigenvalue weighted by atomic mass is 35.5. The van der Waals surface area contributed by atoms with Gasteiger partial charge in [0.15, 0.2) is 6.61 Å². The van der Waals surface area contributed by atoms with Crippen molar-refractivity contribution in [1.82, 2.24) is 4.72 Å². The smallest absolute Gasteiger partial charge is 0.262 e. The first-order chi connectivity index (χ1) is 15.7. The number of carbonyl (C=O) groups excluding carboxylic acids is 1. The van der Waals surface area contributed by atoms with Crippen molar-refractivity contribution in [3.05, 3.63) is 82.3 Å². The Labute approximate surface area is 202 Å². The molecule has 2 N–H and O–H groups in total. The lowest BCUT2D eigenvalue weighted by Crippen LogP contribution is -2.27. The molecule has 33 heavy (non-hydrogen) atoms. The molecule has 0 aliphatic heterocycles. The largest absolute Gasteiger partial charge is 0.495 e. The number of amides is 1. The summed E-state index contributed by atoms with van der Waals surface area (Å²) in [6, 6.07) is 17.6. The van der Waals surface area contributed by atoms with E-state index in [-0.39, 0.29) is 22.3 Å². The number of nitrogens with one attached hydrogen (secondary N) is 2. The van der Waals surface area contributed by atoms with Gasteiger partial charge in [0, 0.05) is 11.1 Å². The van der Waals surface area contributed by atoms with Crippen LogP contribution in [0.15, 0.2) is 71.6 Å². The molecule has 174 valence electrons. The van der Waals surface area contributed by atoms with Gasteiger partial charge >= 0.3 is 0 Å². The fourth-order valence-corrected chi connectivity index (χ4v) is 4.71. The molecule has 0 saturated carbocycles. The molecule has 0 heterocycles. The third kappa shape index (κ3) is 6.61. The number of carbonyl (C=O) groups is 1. The van der Waals surface area contributed by atoms with E-state index < -0.39 is 22.0 Å². The number of halogens is 2. The molecule has 1 atom stereocenters. The van der Waals surface area contributed by atoms with Crippen LogP contribution >= 0.6 is 23.2 Å². The van der Waals surface area contributed by atoms with Crippen LogP contribution in [0.1, 0.15) is 18.5 Å². The number of benzene rings is 3. The Hall–Kier alpha value is -2.78. The molecule has 7 nitrogen and oxygen atoms in total. The van der Waals surface area contributed by atoms with Crippen molar-refractivity contribution >= 4 is 44.8 Å². The van der Waals surface area contributed by atoms with Crippen LogP contribution < -0.4 is 19.5 Å². The summed E-state index contributed by atoms with van der Waals surface area (Å²) in [4.78, 5) is 12.3. The number of ether oxygens (including phenoxy) is 2. The van der Waals surface area contributed by atoms with Crippen molar-refractivity contribution < 1.29 is 22.7 Å². The minimum absolute atomic E-state index is 0.0178. The van der Waals surface area contributed by atoms with Crippen LogP contribution in [-0.4, -0.2) is 28.0 Å². The predicted octanol–water partition coefficient (Wildman–Crippen LogP) is 5.06. The van der Waals surface area contributed by atoms with E-state index in [4.69, 9.17) is 32.7 Å². The molecule has 0 aliphatic rings. The van der Waals surface area contributed by atoms with Crippen LogP contribution in [-0.2, 0) is 14.8 Å². The second-order valence-corrected chi connectivity index (χ2v) is 9.58. The molecule has 0 fully saturated rings. The van der Waals surface area contributed by atoms with E-state index in [2.05, 4.69) is 10.0 Å². The van der Waals surface area contributed by atoms with Gasteiger partial charge in [0.25, 0.3) is 5.91 Å². The maximum absolute atomic E-state index is 12.7. The minimum atomic E-state index is -3.83. The van der Waals surface area contributed by atoms with Crippen LogP contribution in [0.2, 0.25) is 10.0 Å². The number of hydrogen-bond acceptors (Lipinski definition) is 5. The first-order valence-electron chi connectivity index (χ1n) is 9.82. The molecule has 3 aromatic carbocycles. The number of sulfonamides is 1. The summed E-state index contributed by atoms with van der Waals surface area (Å²) in [5.41, 5.74) is 1.22. The molecular weight excluding hydrogens is 487 g/mol. The van der Waals surface area contributed by atoms with Crippen LogP contribution in [0, 0.1) is 0 Å². The molecule has 10 heteroatoms. The topological polar surface area (TPSA) is 93.7 Å². The highest BCUT2D eigenvalue weighted by Crippen LogP contribution is 2.29. The Morgan fingerprint density at radius 2 is 1.70 bits per heavy atom. The van der Waals surface area contributed by atoms with Gasteiger partial charge in [-0.1, -0.05) is 53.5 Å². The van der Waals surface area contributed by atoms with Crippen LogP contribution in [0.25, 0.3) is 0 Å². The van der Waals surface area contributed by atoms with Crippen LogP contribution in [0.5, 0.6) is 11.5 Å². The van der Waals surface area contributed by atoms with Crippen molar-refractivity contribution in [3.8, 4) is 11.5 Å². The van der Waals surface area contributed by atoms with Gasteiger partial charge in [-0.2, -0.15) is 0 Å². The molecule has 0 spiro atoms. The van der Waals surface area contributed by atoms with Crippen LogP contribution in [0.4, 0.5) is 5.69 Å². The van der Waals surface area contributed by atoms with Crippen molar-refractivity contribution in [2.24, 2.45) is 0 Å². The average Bonchev–Trinajstić information content (AvgIpc) is 2.78. The zero-order chi connectivity index (χ0) is 24.0. The number of hydrogen-bond donors (Lipinski definition) is 2. The van der Waals surface area contributed by atoms with E-state index in [0.717, 1.165) is 5.56 Å². The molecule has 0 unspecified atom stereocenters. The molecule has 3 rings (SSSR count). The molecule has 0 bridgehead atoms. The highest BCUT2D eigenvalue weighted by molar-refractivity contribution is 7.89. The molecular formula is C23H22Cl2N2O5S. The lowest BCUT2D eigenvalue weighted by atomic mass is 10.1. The minimum Gasteiger partial charge on any atom is -0.495 e. The van der Waals surface area contributed by atoms with Gasteiger partial charge in [-0.3, -0.25) is 4.79 Å². The Bertz CT molecular complexity index is 1240. The molecule has 1 amide bonds. The summed E-state index contributed by atoms with van der Waals surface area (Å²) < 4.78 is 38.7. The lowest BCUT2D eigenvalue weighted by Gasteiger charge is -2.15. The summed E-state index contributed by atoms with van der Waals surface area (Å²) in [7, 11) is -2.35. The zero-order valence-corrected chi connectivity index (χ0v) is 20.2. The van der Waals surface area contributed by atoms with Gasteiger partial charge in [-0.05, 0) is 48.9 Å². The third-order valence-corrected chi connectivity index (χ3v) is 6.71. The summed E-state index contributed by atoms with van der Waals surface area (Å²) >= 11 is 12.2. The van der Waals surface area contributed by atoms with E-state index in [0.29, 0.717) is 16.5 Å². The van der Waals surface area contributed by atoms with Crippen molar-refractivity contribution in [3.63, 3.8) is 0 Å². The maximum Gasteiger partial charge on any atom is 0.262 e. The summed E-state index contributed by atoms with van der Waals surface area (Å²) in [6.45, 7) is 1.39. The maximum atomic E-state index is 12.7. The number of anilines is 1. The fourth-order valence-electron chi connectivity index (χ4n) is 2.98. The Balaban J connectivity index is 1.64. The normalized spacial score (nSPS) is 12.1. The second-order valence-electron chi connectivity index (χ2n) is 7.03. The molecule has 0 aliphatic carbocycles. The Morgan fingerprint density at radius 1 is 1.00 bits per heavy atom. The van der Waals surface area contributed by atoms with Gasteiger partial charge < -0.3 is 14.8 Å². The van der Waals surface area contributed by atoms with Gasteiger partial charge in [-0.15, -0.1) is 0 Å². The average molecular weight is 509 g/mol. The Kier molecular flexibility index (Phi) is 8.20. The van der Waals surface area contributed by atoms with E-state index in [1.165, 1.54) is 25.3 Å². The van der Waals surface area contributed by atoms with Gasteiger partial charge in [0.2, 0.25) is 10.0 Å². The first-order valence-corrected chi connectivity index (χ1v) is 12.1. The van der Waals surface area contributed by atoms with Gasteiger partial charge in [0.05, 0.1) is 22.7 Å². The van der Waals surface area contributed by atoms with Crippen molar-refractivity contribution in [2.75, 3.05) is 19.0 Å². The predicted molar refractivity (Wildman–Crippen MR) is 129 cm³/mol. The number of methoxy groups -OCH3 is 1. The molecule has 0 aromatic heterocycles. The summed E-state index contributed by atoms with van der Waals surface area (Å²) in [5.74, 6) is 0.138. The quantitative estimate of drug-likeness (QED) is 0.421. The molecule has 0 saturated heterocycles. The first kappa shape index (κ1) is 24.9. The highest BCUT2D eigenvalue weighted by Gasteiger charge is 2.20. The van der Waals surface area contributed by atoms with E-state index in [1.54, 1.807) is 25.1 Å². The summed E-state index contributed by atoms with van der Waals surface area (Å²) in [5, 5.41) is 3.13. The molecule has 3 aromatic rings. The van der Waals surface area contributed by atoms with Gasteiger partial charge in [0.1, 0.15) is 11.5 Å². The zero-order valence-electron chi connectivity index (χ0n) is 17.8. The SMILES string of the molecule is COc1ccc(Cl)cc1NC(=O)COc1ccc(S(=O)(=O)N[C@H](C)c2ccccc2)cc1Cl. The number of rotatable bonds is 9. The van der Waals surface area contributed by atoms with E-state index in [1.807, 2.05) is 30.3 Å². The third-order valence-electron chi connectivity index (χ3n) is 4.64. The Morgan fingerprint density at radius 3 is 2.36 bits per heavy atom. The fraction of sp³-hybridized carbons (Fsp3) is 0.174. The summed E-state index contributed by atoms with van der Waals surface area (Å²) in [6.07, 6.45) is 0. The van der Waals surface area contributed by atoms with E-state index >= 15 is 0 Å². The van der Waals surface area contributed by atoms with Gasteiger partial charge in [-0.25, -0.2) is 13.1 Å². The lowest BCUT2D eigenvalue weighted by molar-refractivity contribution is -0.118.